The van der Waals surface area contributed by atoms with Gasteiger partial charge in [-0.2, -0.15) is 0 Å². The summed E-state index contributed by atoms with van der Waals surface area (Å²) in [7, 11) is 3.80. The zero-order valence-corrected chi connectivity index (χ0v) is 84.4. The molecule has 2 aliphatic rings. The molecular formula is C115H103B2Br3Cl4CuFN8O4. The van der Waals surface area contributed by atoms with Gasteiger partial charge in [-0.15, -0.1) is 0 Å². The van der Waals surface area contributed by atoms with Gasteiger partial charge in [-0.3, -0.25) is 4.70 Å². The third-order valence-corrected chi connectivity index (χ3v) is 27.1. The van der Waals surface area contributed by atoms with Gasteiger partial charge < -0.3 is 37.3 Å². The number of benzene rings is 16. The maximum atomic E-state index is 6.42. The third-order valence-electron chi connectivity index (χ3n) is 25.0. The van der Waals surface area contributed by atoms with E-state index in [9.17, 15) is 0 Å². The molecule has 8 heterocycles. The van der Waals surface area contributed by atoms with Gasteiger partial charge in [-0.1, -0.05) is 329 Å². The fraction of sp³-hybridized carbons (Fsp3) is 0.130. The molecule has 24 rings (SSSR count). The van der Waals surface area contributed by atoms with Crippen LogP contribution < -0.4 is 5.46 Å². The van der Waals surface area contributed by atoms with Crippen LogP contribution in [0.4, 0.5) is 4.70 Å². The Labute approximate surface area is 859 Å². The Balaban J connectivity index is 0.000000142. The van der Waals surface area contributed by atoms with Crippen molar-refractivity contribution in [3.05, 3.63) is 417 Å². The van der Waals surface area contributed by atoms with Crippen LogP contribution in [-0.4, -0.2) is 75.3 Å². The van der Waals surface area contributed by atoms with Gasteiger partial charge in [-0.25, -0.2) is 19.9 Å². The van der Waals surface area contributed by atoms with Crippen LogP contribution in [-0.2, 0) is 33.7 Å². The largest absolute Gasteiger partial charge is 0.355 e. The molecule has 700 valence electrons. The van der Waals surface area contributed by atoms with E-state index in [1.165, 1.54) is 98.3 Å². The Bertz CT molecular complexity index is 7720. The summed E-state index contributed by atoms with van der Waals surface area (Å²) >= 11 is 32.0. The van der Waals surface area contributed by atoms with Gasteiger partial charge in [0.15, 0.2) is 0 Å². The number of hydrogen-bond donors (Lipinski definition) is 1. The van der Waals surface area contributed by atoms with Crippen molar-refractivity contribution in [3.8, 4) is 50.8 Å². The molecule has 23 heteroatoms. The first-order valence-corrected chi connectivity index (χ1v) is 48.9. The van der Waals surface area contributed by atoms with Crippen molar-refractivity contribution in [2.75, 3.05) is 0 Å². The summed E-state index contributed by atoms with van der Waals surface area (Å²) in [6.07, 6.45) is 0. The first-order valence-electron chi connectivity index (χ1n) is 44.1. The van der Waals surface area contributed by atoms with Crippen LogP contribution >= 0.6 is 92.7 Å². The first kappa shape index (κ1) is 102. The summed E-state index contributed by atoms with van der Waals surface area (Å²) in [5, 5.41) is 15.6. The van der Waals surface area contributed by atoms with Crippen LogP contribution in [0.5, 0.6) is 0 Å². The molecule has 6 aromatic heterocycles. The van der Waals surface area contributed by atoms with E-state index >= 15 is 0 Å². The van der Waals surface area contributed by atoms with Crippen LogP contribution in [0.1, 0.15) is 71.7 Å². The van der Waals surface area contributed by atoms with E-state index < -0.39 is 0 Å². The van der Waals surface area contributed by atoms with Crippen molar-refractivity contribution in [1.29, 1.82) is 0 Å². The van der Waals surface area contributed by atoms with Crippen molar-refractivity contribution in [2.45, 2.75) is 99.5 Å². The minimum absolute atomic E-state index is 0. The third kappa shape index (κ3) is 22.2. The Morgan fingerprint density at radius 1 is 0.304 bits per heavy atom. The SMILES string of the molecule is Brc1ccc(-n2c3ccccc3c3ccccc32)cc1.Brc1ccc(Br)cc1.C.C.CB1OC(C)(C)C(C)(C)O1.CC1(C)OB(c2ccc(-n3c4ccccc4c4ccccc43)cc2)OC1(C)C.Clc1cc(-c2cccc3ccccc23)nc(Cl)n1.Clc1nc(-c2ccc(-n3c4ccccc4c4ccccc43)cc2)cc(-c2cccc3ccccc23)n1.F.[Cl][Cu].[HH].c1ccc2c(c1)[nH]c1ccccc12. The molecule has 2 aliphatic heterocycles. The van der Waals surface area contributed by atoms with Crippen molar-refractivity contribution in [2.24, 2.45) is 0 Å². The Morgan fingerprint density at radius 2 is 0.572 bits per heavy atom. The number of nitrogens with zero attached hydrogens (tertiary/aromatic N) is 7. The summed E-state index contributed by atoms with van der Waals surface area (Å²) in [6, 6.07) is 134. The second-order valence-corrected chi connectivity index (χ2v) is 38.4. The molecule has 138 heavy (non-hydrogen) atoms. The fourth-order valence-corrected chi connectivity index (χ4v) is 18.6. The van der Waals surface area contributed by atoms with Gasteiger partial charge in [-0.05, 0) is 240 Å². The molecule has 16 aromatic carbocycles. The molecule has 22 aromatic rings. The number of halogens is 8. The van der Waals surface area contributed by atoms with Gasteiger partial charge in [0.25, 0.3) is 0 Å². The summed E-state index contributed by atoms with van der Waals surface area (Å²) in [5.41, 5.74) is 18.6. The molecule has 0 saturated carbocycles. The molecule has 2 fully saturated rings. The molecule has 12 nitrogen and oxygen atoms in total. The van der Waals surface area contributed by atoms with Crippen LogP contribution in [0.2, 0.25) is 22.5 Å². The van der Waals surface area contributed by atoms with Gasteiger partial charge in [0.2, 0.25) is 10.6 Å². The Hall–Kier alpha value is -11.6. The van der Waals surface area contributed by atoms with E-state index in [2.05, 4.69) is 476 Å². The molecule has 2 saturated heterocycles. The van der Waals surface area contributed by atoms with Gasteiger partial charge >= 0.3 is 39.4 Å². The zero-order chi connectivity index (χ0) is 94.3. The van der Waals surface area contributed by atoms with E-state index in [0.717, 1.165) is 80.2 Å². The summed E-state index contributed by atoms with van der Waals surface area (Å²) in [5.74, 6) is 0. The Kier molecular flexibility index (Phi) is 33.1. The number of aromatic amines is 1. The van der Waals surface area contributed by atoms with Gasteiger partial charge in [0.05, 0.1) is 72.6 Å². The molecule has 1 N–H and O–H groups in total. The van der Waals surface area contributed by atoms with Crippen LogP contribution in [0.15, 0.2) is 402 Å². The van der Waals surface area contributed by atoms with E-state index in [1.54, 1.807) is 6.07 Å². The van der Waals surface area contributed by atoms with Crippen LogP contribution in [0.25, 0.3) is 160 Å². The molecule has 0 unspecified atom stereocenters. The number of rotatable bonds is 7. The molecule has 0 spiro atoms. The topological polar surface area (TPSA) is 119 Å². The average molecular weight is 2150 g/mol. The van der Waals surface area contributed by atoms with Gasteiger partial charge in [0.1, 0.15) is 5.15 Å². The maximum Gasteiger partial charge on any atom is 0.0464 e. The smallest absolute Gasteiger partial charge is 0.0464 e. The van der Waals surface area contributed by atoms with Crippen molar-refractivity contribution in [3.63, 3.8) is 0 Å². The number of para-hydroxylation sites is 8. The van der Waals surface area contributed by atoms with E-state index in [-0.39, 0.29) is 68.2 Å². The summed E-state index contributed by atoms with van der Waals surface area (Å²) in [4.78, 5) is 20.6. The molecular weight excluding hydrogens is 2040 g/mol. The quantitative estimate of drug-likeness (QED) is 0.0952. The second-order valence-electron chi connectivity index (χ2n) is 34.6. The summed E-state index contributed by atoms with van der Waals surface area (Å²) in [6.45, 7) is 18.5. The van der Waals surface area contributed by atoms with E-state index in [4.69, 9.17) is 53.4 Å². The molecule has 0 aliphatic carbocycles. The number of hydrogen-bond acceptors (Lipinski definition) is 8. The van der Waals surface area contributed by atoms with Crippen LogP contribution in [0, 0.1) is 0 Å². The van der Waals surface area contributed by atoms with E-state index in [1.807, 2.05) is 79.6 Å². The van der Waals surface area contributed by atoms with Crippen molar-refractivity contribution >= 4 is 221 Å². The predicted molar refractivity (Wildman–Crippen MR) is 593 cm³/mol. The monoisotopic (exact) mass is 2140 g/mol. The van der Waals surface area contributed by atoms with Crippen molar-refractivity contribution in [1.82, 2.24) is 38.6 Å². The normalized spacial score (nSPS) is 13.5. The second kappa shape index (κ2) is 44.7. The predicted octanol–water partition coefficient (Wildman–Crippen LogP) is 34.5. The standard InChI is InChI=1S/C32H20ClN3.C24H24BNO2.C18H12BrN.C14H8Cl2N2.C12H9N.C7H15BO2.C6H4Br2.2CH4.ClH.Cu.FH.H2/c33-32-34-28(20-29(35-32)25-13-7-9-21-8-1-2-10-24(21)25)22-16-18-23(19-17-22)36-30-14-5-3-11-26(30)27-12-4-6-15-31(27)36;1-23(2)24(3,4)28-25(27-23)17-13-15-18(16-14-17)26-21-11-7-5-9-19(21)20-10-6-8-12-22(20)26;19-13-9-11-14(12-10-13)20-17-7-3-1-5-15(17)16-6-2-4-8-18(16)20;15-13-8-12(17-14(16)18-13)11-7-3-5-9-4-1-2-6-10(9)11;1-3-7-11-9(5-1)10-6-2-4-8-12(10)13-11;1-6(2)7(3,4)10-8(5)9-6;7-5-1-2-6(8)4-3-5;;;;;;/h1-20H;5-16H,1-4H3;1-12H;1-8H;1-8,13H;1-5H3;1-4H;2*1H4;1H;;2*1H/q;;;;;;;;;;+1;;/p-1. The van der Waals surface area contributed by atoms with Gasteiger partial charge in [0, 0.05) is 109 Å². The van der Waals surface area contributed by atoms with Crippen molar-refractivity contribution < 1.29 is 39.8 Å². The zero-order valence-electron chi connectivity index (χ0n) is 75.7. The Morgan fingerprint density at radius 3 is 0.913 bits per heavy atom. The number of fused-ring (bicyclic) bond motifs is 14. The average Bonchev–Trinajstić information content (AvgIpc) is 1.60. The molecule has 0 amide bonds. The molecule has 0 atom stereocenters. The number of aromatic nitrogens is 8. The fourth-order valence-electron chi connectivity index (χ4n) is 17.2. The first-order chi connectivity index (χ1) is 65.3. The molecule has 0 bridgehead atoms. The van der Waals surface area contributed by atoms with Crippen LogP contribution in [0.3, 0.4) is 0 Å². The minimum Gasteiger partial charge on any atom is -0.355 e. The minimum atomic E-state index is -0.336. The molecule has 0 radical (unpaired) electrons. The number of H-pyrrole nitrogens is 1. The maximum absolute atomic E-state index is 6.42. The summed E-state index contributed by atoms with van der Waals surface area (Å²) < 4.78 is 33.7. The number of nitrogens with one attached hydrogen (secondary N) is 1. The van der Waals surface area contributed by atoms with E-state index in [0.29, 0.717) is 5.15 Å².